The fraction of sp³-hybridized carbons (Fsp3) is 0.867. The van der Waals surface area contributed by atoms with E-state index in [1.165, 1.54) is 0 Å². The van der Waals surface area contributed by atoms with E-state index in [0.29, 0.717) is 13.2 Å². The van der Waals surface area contributed by atoms with Crippen LogP contribution in [0.3, 0.4) is 0 Å². The van der Waals surface area contributed by atoms with Gasteiger partial charge >= 0.3 is 12.0 Å². The summed E-state index contributed by atoms with van der Waals surface area (Å²) < 4.78 is 5.04. The van der Waals surface area contributed by atoms with Crippen LogP contribution in [-0.4, -0.2) is 43.4 Å². The molecule has 6 nitrogen and oxygen atoms in total. The summed E-state index contributed by atoms with van der Waals surface area (Å²) in [7, 11) is 1.60. The topological polar surface area (TPSA) is 87.7 Å². The van der Waals surface area contributed by atoms with E-state index in [0.717, 1.165) is 38.5 Å². The zero-order valence-electron chi connectivity index (χ0n) is 13.1. The maximum atomic E-state index is 11.9. The minimum absolute atomic E-state index is 0.0169. The number of hydrogen-bond donors (Lipinski definition) is 3. The second-order valence-electron chi connectivity index (χ2n) is 6.02. The van der Waals surface area contributed by atoms with Gasteiger partial charge < -0.3 is 20.5 Å². The lowest BCUT2D eigenvalue weighted by atomic mass is 9.72. The molecule has 1 rings (SSSR count). The number of rotatable bonds is 8. The molecule has 0 bridgehead atoms. The third-order valence-corrected chi connectivity index (χ3v) is 4.26. The van der Waals surface area contributed by atoms with Crippen molar-refractivity contribution in [2.45, 2.75) is 57.9 Å². The highest BCUT2D eigenvalue weighted by Crippen LogP contribution is 2.38. The maximum Gasteiger partial charge on any atom is 0.315 e. The Balaban J connectivity index is 2.48. The van der Waals surface area contributed by atoms with Crippen LogP contribution in [0.25, 0.3) is 0 Å². The zero-order chi connectivity index (χ0) is 15.7. The minimum Gasteiger partial charge on any atom is -0.481 e. The van der Waals surface area contributed by atoms with Crippen molar-refractivity contribution in [1.29, 1.82) is 0 Å². The van der Waals surface area contributed by atoms with Gasteiger partial charge in [0.05, 0.1) is 19.1 Å². The fourth-order valence-corrected chi connectivity index (χ4v) is 3.01. The number of aliphatic carboxylic acids is 1. The molecule has 0 aliphatic heterocycles. The van der Waals surface area contributed by atoms with Gasteiger partial charge in [0.15, 0.2) is 0 Å². The molecule has 1 aliphatic rings. The Labute approximate surface area is 126 Å². The number of ether oxygens (including phenoxy) is 1. The van der Waals surface area contributed by atoms with Crippen molar-refractivity contribution in [2.75, 3.05) is 20.3 Å². The molecule has 6 heteroatoms. The molecule has 1 unspecified atom stereocenters. The zero-order valence-corrected chi connectivity index (χ0v) is 13.1. The summed E-state index contributed by atoms with van der Waals surface area (Å²) in [6.07, 6.45) is 5.89. The molecule has 21 heavy (non-hydrogen) atoms. The van der Waals surface area contributed by atoms with Gasteiger partial charge in [-0.05, 0) is 24.7 Å². The molecule has 0 saturated heterocycles. The summed E-state index contributed by atoms with van der Waals surface area (Å²) >= 11 is 0. The summed E-state index contributed by atoms with van der Waals surface area (Å²) in [5.74, 6) is -0.787. The predicted octanol–water partition coefficient (Wildman–Crippen LogP) is 2.14. The Morgan fingerprint density at radius 2 is 1.95 bits per heavy atom. The Bertz CT molecular complexity index is 341. The lowest BCUT2D eigenvalue weighted by Crippen LogP contribution is -2.48. The van der Waals surface area contributed by atoms with Crippen LogP contribution in [0.1, 0.15) is 51.9 Å². The summed E-state index contributed by atoms with van der Waals surface area (Å²) in [6.45, 7) is 2.88. The van der Waals surface area contributed by atoms with Gasteiger partial charge in [-0.25, -0.2) is 4.79 Å². The lowest BCUT2D eigenvalue weighted by Gasteiger charge is -2.36. The van der Waals surface area contributed by atoms with E-state index >= 15 is 0 Å². The van der Waals surface area contributed by atoms with Gasteiger partial charge in [0.1, 0.15) is 0 Å². The van der Waals surface area contributed by atoms with E-state index in [9.17, 15) is 9.59 Å². The second-order valence-corrected chi connectivity index (χ2v) is 6.02. The summed E-state index contributed by atoms with van der Waals surface area (Å²) in [5, 5.41) is 14.8. The average molecular weight is 300 g/mol. The van der Waals surface area contributed by atoms with Crippen molar-refractivity contribution in [2.24, 2.45) is 5.41 Å². The molecule has 2 amide bonds. The number of carboxylic acid groups (broad SMARTS) is 1. The van der Waals surface area contributed by atoms with E-state index < -0.39 is 5.97 Å². The second kappa shape index (κ2) is 8.87. The number of hydrogen-bond acceptors (Lipinski definition) is 3. The van der Waals surface area contributed by atoms with Crippen molar-refractivity contribution < 1.29 is 19.4 Å². The normalized spacial score (nSPS) is 18.8. The highest BCUT2D eigenvalue weighted by Gasteiger charge is 2.34. The number of nitrogens with one attached hydrogen (secondary N) is 2. The Hall–Kier alpha value is -1.30. The molecule has 1 saturated carbocycles. The molecule has 1 atom stereocenters. The highest BCUT2D eigenvalue weighted by molar-refractivity contribution is 5.74. The first kappa shape index (κ1) is 17.8. The first-order valence-corrected chi connectivity index (χ1v) is 7.76. The van der Waals surface area contributed by atoms with Crippen molar-refractivity contribution in [3.63, 3.8) is 0 Å². The number of carbonyl (C=O) groups excluding carboxylic acids is 1. The number of methoxy groups -OCH3 is 1. The Kier molecular flexibility index (Phi) is 7.50. The first-order chi connectivity index (χ1) is 10.0. The molecule has 0 aromatic carbocycles. The Morgan fingerprint density at radius 1 is 1.29 bits per heavy atom. The fourth-order valence-electron chi connectivity index (χ4n) is 3.01. The highest BCUT2D eigenvalue weighted by atomic mass is 16.5. The number of urea groups is 1. The predicted molar refractivity (Wildman–Crippen MR) is 80.3 cm³/mol. The van der Waals surface area contributed by atoms with Gasteiger partial charge in [-0.3, -0.25) is 4.79 Å². The van der Waals surface area contributed by atoms with Gasteiger partial charge in [-0.2, -0.15) is 0 Å². The average Bonchev–Trinajstić information content (AvgIpc) is 2.45. The molecule has 0 heterocycles. The van der Waals surface area contributed by atoms with Crippen molar-refractivity contribution in [1.82, 2.24) is 10.6 Å². The van der Waals surface area contributed by atoms with Gasteiger partial charge in [0.25, 0.3) is 0 Å². The number of amides is 2. The van der Waals surface area contributed by atoms with Crippen LogP contribution in [0.15, 0.2) is 0 Å². The molecular weight excluding hydrogens is 272 g/mol. The molecule has 1 aliphatic carbocycles. The van der Waals surface area contributed by atoms with E-state index in [4.69, 9.17) is 9.84 Å². The largest absolute Gasteiger partial charge is 0.481 e. The monoisotopic (exact) mass is 300 g/mol. The van der Waals surface area contributed by atoms with Crippen LogP contribution in [0, 0.1) is 5.41 Å². The molecule has 3 N–H and O–H groups in total. The molecule has 0 radical (unpaired) electrons. The van der Waals surface area contributed by atoms with Crippen LogP contribution in [0.4, 0.5) is 4.79 Å². The van der Waals surface area contributed by atoms with E-state index in [1.54, 1.807) is 7.11 Å². The van der Waals surface area contributed by atoms with Crippen molar-refractivity contribution in [3.8, 4) is 0 Å². The standard InChI is InChI=1S/C15H28N2O4/c1-3-12(10-21-2)17-14(20)16-11-15(9-13(18)19)7-5-4-6-8-15/h12H,3-11H2,1-2H3,(H,18,19)(H2,16,17,20). The SMILES string of the molecule is CCC(COC)NC(=O)NCC1(CC(=O)O)CCCCC1. The van der Waals surface area contributed by atoms with Gasteiger partial charge in [0, 0.05) is 13.7 Å². The van der Waals surface area contributed by atoms with Crippen LogP contribution in [-0.2, 0) is 9.53 Å². The van der Waals surface area contributed by atoms with E-state index in [-0.39, 0.29) is 23.9 Å². The van der Waals surface area contributed by atoms with Crippen LogP contribution in [0.5, 0.6) is 0 Å². The third-order valence-electron chi connectivity index (χ3n) is 4.26. The number of carboxylic acids is 1. The van der Waals surface area contributed by atoms with Crippen LogP contribution in [0.2, 0.25) is 0 Å². The summed E-state index contributed by atoms with van der Waals surface area (Å²) in [6, 6.07) is -0.258. The van der Waals surface area contributed by atoms with Gasteiger partial charge in [-0.15, -0.1) is 0 Å². The molecule has 0 aromatic heterocycles. The van der Waals surface area contributed by atoms with E-state index in [2.05, 4.69) is 10.6 Å². The molecule has 0 spiro atoms. The maximum absolute atomic E-state index is 11.9. The smallest absolute Gasteiger partial charge is 0.315 e. The number of carbonyl (C=O) groups is 2. The molecular formula is C15H28N2O4. The van der Waals surface area contributed by atoms with Crippen LogP contribution < -0.4 is 10.6 Å². The van der Waals surface area contributed by atoms with Gasteiger partial charge in [0.2, 0.25) is 0 Å². The van der Waals surface area contributed by atoms with Crippen molar-refractivity contribution in [3.05, 3.63) is 0 Å². The first-order valence-electron chi connectivity index (χ1n) is 7.76. The summed E-state index contributed by atoms with van der Waals surface area (Å²) in [5.41, 5.74) is -0.287. The van der Waals surface area contributed by atoms with Crippen LogP contribution >= 0.6 is 0 Å². The van der Waals surface area contributed by atoms with Crippen molar-refractivity contribution >= 4 is 12.0 Å². The third kappa shape index (κ3) is 6.33. The minimum atomic E-state index is -0.787. The van der Waals surface area contributed by atoms with Gasteiger partial charge in [-0.1, -0.05) is 26.2 Å². The molecule has 0 aromatic rings. The lowest BCUT2D eigenvalue weighted by molar-refractivity contribution is -0.140. The molecule has 1 fully saturated rings. The summed E-state index contributed by atoms with van der Waals surface area (Å²) in [4.78, 5) is 23.0. The van der Waals surface area contributed by atoms with E-state index in [1.807, 2.05) is 6.92 Å². The molecule has 122 valence electrons. The Morgan fingerprint density at radius 3 is 2.48 bits per heavy atom. The quantitative estimate of drug-likeness (QED) is 0.641.